The average Bonchev–Trinajstić information content (AvgIpc) is 3.00. The van der Waals surface area contributed by atoms with Gasteiger partial charge >= 0.3 is 0 Å². The average molecular weight is 337 g/mol. The molecule has 4 aromatic rings. The van der Waals surface area contributed by atoms with Crippen LogP contribution in [-0.4, -0.2) is 10.1 Å². The van der Waals surface area contributed by atoms with E-state index in [1.807, 2.05) is 6.07 Å². The van der Waals surface area contributed by atoms with E-state index < -0.39 is 0 Å². The largest absolute Gasteiger partial charge is 0.506 e. The predicted octanol–water partition coefficient (Wildman–Crippen LogP) is 4.77. The van der Waals surface area contributed by atoms with Gasteiger partial charge in [0, 0.05) is 16.5 Å². The van der Waals surface area contributed by atoms with Crippen molar-refractivity contribution in [1.82, 2.24) is 4.98 Å². The van der Waals surface area contributed by atoms with E-state index in [2.05, 4.69) is 4.98 Å². The van der Waals surface area contributed by atoms with Crippen molar-refractivity contribution in [3.8, 4) is 28.0 Å². The molecule has 3 nitrogen and oxygen atoms in total. The van der Waals surface area contributed by atoms with Crippen LogP contribution in [-0.2, 0) is 0 Å². The number of hydrogen-bond donors (Lipinski definition) is 2. The summed E-state index contributed by atoms with van der Waals surface area (Å²) < 4.78 is 14.2. The molecule has 2 aromatic heterocycles. The molecule has 4 rings (SSSR count). The molecule has 0 aliphatic heterocycles. The van der Waals surface area contributed by atoms with Crippen molar-refractivity contribution in [2.75, 3.05) is 0 Å². The highest BCUT2D eigenvalue weighted by molar-refractivity contribution is 7.17. The second-order valence-electron chi connectivity index (χ2n) is 5.38. The highest BCUT2D eigenvalue weighted by Crippen LogP contribution is 2.41. The number of benzene rings is 2. The van der Waals surface area contributed by atoms with Gasteiger partial charge in [0.1, 0.15) is 16.4 Å². The molecule has 2 heterocycles. The fourth-order valence-electron chi connectivity index (χ4n) is 2.83. The standard InChI is InChI=1S/C19H12FNO2S/c20-14-9-5-4-8-12(14)13-10-24-19-16(13)17(22)15(18(23)21-19)11-6-2-1-3-7-11/h1-10H,(H2,21,22,23). The normalized spacial score (nSPS) is 11.0. The molecular weight excluding hydrogens is 325 g/mol. The summed E-state index contributed by atoms with van der Waals surface area (Å²) in [6, 6.07) is 15.3. The van der Waals surface area contributed by atoms with Crippen LogP contribution in [0.15, 0.2) is 64.8 Å². The lowest BCUT2D eigenvalue weighted by Gasteiger charge is -2.08. The lowest BCUT2D eigenvalue weighted by Crippen LogP contribution is -2.08. The summed E-state index contributed by atoms with van der Waals surface area (Å²) >= 11 is 1.27. The Morgan fingerprint density at radius 2 is 1.67 bits per heavy atom. The SMILES string of the molecule is O=c1[nH]c2scc(-c3ccccc3F)c2c(O)c1-c1ccccc1. The second-order valence-corrected chi connectivity index (χ2v) is 6.26. The maximum absolute atomic E-state index is 14.2. The van der Waals surface area contributed by atoms with Crippen molar-refractivity contribution in [2.24, 2.45) is 0 Å². The minimum atomic E-state index is -0.371. The topological polar surface area (TPSA) is 53.1 Å². The zero-order valence-corrected chi connectivity index (χ0v) is 13.2. The summed E-state index contributed by atoms with van der Waals surface area (Å²) in [6.45, 7) is 0. The number of pyridine rings is 1. The van der Waals surface area contributed by atoms with E-state index in [0.717, 1.165) is 0 Å². The van der Waals surface area contributed by atoms with E-state index in [-0.39, 0.29) is 22.7 Å². The molecule has 0 atom stereocenters. The number of aromatic hydroxyl groups is 1. The van der Waals surface area contributed by atoms with Crippen molar-refractivity contribution < 1.29 is 9.50 Å². The number of halogens is 1. The summed E-state index contributed by atoms with van der Waals surface area (Å²) in [4.78, 5) is 15.7. The third kappa shape index (κ3) is 2.21. The van der Waals surface area contributed by atoms with Crippen molar-refractivity contribution >= 4 is 21.6 Å². The second kappa shape index (κ2) is 5.62. The van der Waals surface area contributed by atoms with Crippen LogP contribution >= 0.6 is 11.3 Å². The fourth-order valence-corrected chi connectivity index (χ4v) is 3.79. The Morgan fingerprint density at radius 3 is 2.42 bits per heavy atom. The van der Waals surface area contributed by atoms with Crippen LogP contribution in [0.2, 0.25) is 0 Å². The Bertz CT molecular complexity index is 1100. The van der Waals surface area contributed by atoms with Gasteiger partial charge < -0.3 is 10.1 Å². The van der Waals surface area contributed by atoms with Crippen molar-refractivity contribution in [2.45, 2.75) is 0 Å². The summed E-state index contributed by atoms with van der Waals surface area (Å²) in [6.07, 6.45) is 0. The number of aromatic nitrogens is 1. The lowest BCUT2D eigenvalue weighted by molar-refractivity contribution is 0.483. The minimum Gasteiger partial charge on any atom is -0.506 e. The van der Waals surface area contributed by atoms with Gasteiger partial charge in [-0.15, -0.1) is 11.3 Å². The molecular formula is C19H12FNO2S. The van der Waals surface area contributed by atoms with E-state index in [4.69, 9.17) is 0 Å². The Morgan fingerprint density at radius 1 is 0.958 bits per heavy atom. The molecule has 0 aliphatic carbocycles. The summed E-state index contributed by atoms with van der Waals surface area (Å²) in [7, 11) is 0. The number of thiophene rings is 1. The maximum atomic E-state index is 14.2. The van der Waals surface area contributed by atoms with Gasteiger partial charge in [0.05, 0.1) is 10.9 Å². The number of aromatic amines is 1. The van der Waals surface area contributed by atoms with Gasteiger partial charge in [0.2, 0.25) is 0 Å². The van der Waals surface area contributed by atoms with E-state index in [1.54, 1.807) is 47.8 Å². The highest BCUT2D eigenvalue weighted by Gasteiger charge is 2.19. The van der Waals surface area contributed by atoms with Gasteiger partial charge in [-0.2, -0.15) is 0 Å². The molecule has 118 valence electrons. The van der Waals surface area contributed by atoms with Gasteiger partial charge in [-0.05, 0) is 11.6 Å². The van der Waals surface area contributed by atoms with E-state index in [1.165, 1.54) is 17.4 Å². The highest BCUT2D eigenvalue weighted by atomic mass is 32.1. The van der Waals surface area contributed by atoms with Crippen LogP contribution < -0.4 is 5.56 Å². The predicted molar refractivity (Wildman–Crippen MR) is 94.9 cm³/mol. The fraction of sp³-hybridized carbons (Fsp3) is 0. The summed E-state index contributed by atoms with van der Waals surface area (Å²) in [5.74, 6) is -0.497. The molecule has 2 aromatic carbocycles. The van der Waals surface area contributed by atoms with Gasteiger partial charge in [0.15, 0.2) is 0 Å². The van der Waals surface area contributed by atoms with Crippen molar-refractivity contribution in [3.05, 3.63) is 76.1 Å². The summed E-state index contributed by atoms with van der Waals surface area (Å²) in [5, 5.41) is 13.0. The molecule has 5 heteroatoms. The van der Waals surface area contributed by atoms with Crippen molar-refractivity contribution in [3.63, 3.8) is 0 Å². The third-order valence-corrected chi connectivity index (χ3v) is 4.84. The van der Waals surface area contributed by atoms with Crippen molar-refractivity contribution in [1.29, 1.82) is 0 Å². The molecule has 24 heavy (non-hydrogen) atoms. The molecule has 0 radical (unpaired) electrons. The molecule has 0 spiro atoms. The van der Waals surface area contributed by atoms with Crippen LogP contribution in [0.3, 0.4) is 0 Å². The molecule has 0 amide bonds. The van der Waals surface area contributed by atoms with Crippen LogP contribution in [0.1, 0.15) is 0 Å². The van der Waals surface area contributed by atoms with Crippen LogP contribution in [0.25, 0.3) is 32.5 Å². The van der Waals surface area contributed by atoms with Gasteiger partial charge in [-0.1, -0.05) is 48.5 Å². The molecule has 0 saturated heterocycles. The van der Waals surface area contributed by atoms with Crippen LogP contribution in [0.4, 0.5) is 4.39 Å². The number of nitrogens with one attached hydrogen (secondary N) is 1. The first-order valence-electron chi connectivity index (χ1n) is 7.33. The molecule has 0 unspecified atom stereocenters. The smallest absolute Gasteiger partial charge is 0.260 e. The zero-order chi connectivity index (χ0) is 16.7. The number of fused-ring (bicyclic) bond motifs is 1. The molecule has 0 aliphatic rings. The molecule has 0 fully saturated rings. The summed E-state index contributed by atoms with van der Waals surface area (Å²) in [5.41, 5.74) is 1.40. The van der Waals surface area contributed by atoms with Crippen LogP contribution in [0.5, 0.6) is 5.75 Å². The number of hydrogen-bond acceptors (Lipinski definition) is 3. The third-order valence-electron chi connectivity index (χ3n) is 3.95. The monoisotopic (exact) mass is 337 g/mol. The quantitative estimate of drug-likeness (QED) is 0.554. The van der Waals surface area contributed by atoms with E-state index >= 15 is 0 Å². The Hall–Kier alpha value is -2.92. The molecule has 2 N–H and O–H groups in total. The van der Waals surface area contributed by atoms with E-state index in [9.17, 15) is 14.3 Å². The number of H-pyrrole nitrogens is 1. The molecule has 0 saturated carbocycles. The van der Waals surface area contributed by atoms with E-state index in [0.29, 0.717) is 26.9 Å². The first kappa shape index (κ1) is 14.7. The first-order chi connectivity index (χ1) is 11.7. The zero-order valence-electron chi connectivity index (χ0n) is 12.4. The van der Waals surface area contributed by atoms with Gasteiger partial charge in [-0.3, -0.25) is 4.79 Å². The first-order valence-corrected chi connectivity index (χ1v) is 8.21. The van der Waals surface area contributed by atoms with Gasteiger partial charge in [0.25, 0.3) is 5.56 Å². The molecule has 0 bridgehead atoms. The minimum absolute atomic E-state index is 0.126. The van der Waals surface area contributed by atoms with Crippen LogP contribution in [0, 0.1) is 5.82 Å². The Balaban J connectivity index is 2.07. The Kier molecular flexibility index (Phi) is 3.43. The Labute approximate surface area is 140 Å². The maximum Gasteiger partial charge on any atom is 0.260 e. The lowest BCUT2D eigenvalue weighted by atomic mass is 10.0. The number of rotatable bonds is 2. The van der Waals surface area contributed by atoms with Gasteiger partial charge in [-0.25, -0.2) is 4.39 Å².